The van der Waals surface area contributed by atoms with Crippen LogP contribution in [0.1, 0.15) is 38.3 Å². The van der Waals surface area contributed by atoms with Crippen molar-refractivity contribution in [2.75, 3.05) is 5.06 Å². The standard InChI is InChI=1S/C15H19NO4/c1-10-5-6-11-7-8-13(17)16(12(11)9-10)20-14(18)19-15(2,3)4/h5-6,9H,7-8H2,1-4H3. The molecule has 5 nitrogen and oxygen atoms in total. The first-order valence-corrected chi connectivity index (χ1v) is 6.60. The normalized spacial score (nSPS) is 14.8. The SMILES string of the molecule is Cc1ccc2c(c1)N(OC(=O)OC(C)(C)C)C(=O)CC2. The summed E-state index contributed by atoms with van der Waals surface area (Å²) < 4.78 is 5.08. The molecule has 20 heavy (non-hydrogen) atoms. The van der Waals surface area contributed by atoms with Crippen LogP contribution in [0.5, 0.6) is 0 Å². The van der Waals surface area contributed by atoms with Crippen molar-refractivity contribution >= 4 is 17.7 Å². The Labute approximate surface area is 118 Å². The quantitative estimate of drug-likeness (QED) is 0.740. The minimum Gasteiger partial charge on any atom is -0.427 e. The molecule has 0 aromatic heterocycles. The van der Waals surface area contributed by atoms with Crippen LogP contribution in [-0.4, -0.2) is 17.7 Å². The van der Waals surface area contributed by atoms with Gasteiger partial charge in [0, 0.05) is 6.42 Å². The van der Waals surface area contributed by atoms with E-state index in [-0.39, 0.29) is 5.91 Å². The Kier molecular flexibility index (Phi) is 3.70. The molecule has 1 aromatic rings. The highest BCUT2D eigenvalue weighted by Gasteiger charge is 2.29. The molecular formula is C15H19NO4. The average molecular weight is 277 g/mol. The number of rotatable bonds is 1. The van der Waals surface area contributed by atoms with E-state index in [4.69, 9.17) is 9.57 Å². The van der Waals surface area contributed by atoms with E-state index >= 15 is 0 Å². The van der Waals surface area contributed by atoms with E-state index in [1.807, 2.05) is 25.1 Å². The van der Waals surface area contributed by atoms with Gasteiger partial charge in [-0.05, 0) is 51.3 Å². The summed E-state index contributed by atoms with van der Waals surface area (Å²) >= 11 is 0. The lowest BCUT2D eigenvalue weighted by atomic mass is 10.0. The number of hydrogen-bond acceptors (Lipinski definition) is 4. The number of aryl methyl sites for hydroxylation is 2. The summed E-state index contributed by atoms with van der Waals surface area (Å²) in [7, 11) is 0. The monoisotopic (exact) mass is 277 g/mol. The molecule has 0 bridgehead atoms. The van der Waals surface area contributed by atoms with Gasteiger partial charge < -0.3 is 4.74 Å². The molecular weight excluding hydrogens is 258 g/mol. The molecule has 0 radical (unpaired) electrons. The number of hydroxylamine groups is 1. The van der Waals surface area contributed by atoms with Crippen molar-refractivity contribution in [2.45, 2.75) is 46.1 Å². The van der Waals surface area contributed by atoms with Crippen LogP contribution >= 0.6 is 0 Å². The summed E-state index contributed by atoms with van der Waals surface area (Å²) in [6, 6.07) is 5.75. The first-order valence-electron chi connectivity index (χ1n) is 6.60. The fraction of sp³-hybridized carbons (Fsp3) is 0.467. The number of amides is 1. The predicted octanol–water partition coefficient (Wildman–Crippen LogP) is 3.14. The van der Waals surface area contributed by atoms with Gasteiger partial charge in [0.2, 0.25) is 0 Å². The molecule has 108 valence electrons. The van der Waals surface area contributed by atoms with Crippen LogP contribution in [0.15, 0.2) is 18.2 Å². The van der Waals surface area contributed by atoms with E-state index in [1.165, 1.54) is 0 Å². The van der Waals surface area contributed by atoms with E-state index in [1.54, 1.807) is 20.8 Å². The fourth-order valence-electron chi connectivity index (χ4n) is 2.00. The van der Waals surface area contributed by atoms with Crippen LogP contribution in [-0.2, 0) is 20.8 Å². The molecule has 0 unspecified atom stereocenters. The number of ether oxygens (including phenoxy) is 1. The van der Waals surface area contributed by atoms with Gasteiger partial charge in [0.15, 0.2) is 0 Å². The van der Waals surface area contributed by atoms with Crippen LogP contribution < -0.4 is 5.06 Å². The van der Waals surface area contributed by atoms with Gasteiger partial charge in [0.1, 0.15) is 5.60 Å². The molecule has 1 aliphatic heterocycles. The Morgan fingerprint density at radius 3 is 2.60 bits per heavy atom. The van der Waals surface area contributed by atoms with Crippen LogP contribution in [0, 0.1) is 6.92 Å². The molecule has 2 rings (SSSR count). The number of anilines is 1. The predicted molar refractivity (Wildman–Crippen MR) is 74.3 cm³/mol. The molecule has 0 spiro atoms. The lowest BCUT2D eigenvalue weighted by molar-refractivity contribution is -0.126. The third kappa shape index (κ3) is 3.29. The summed E-state index contributed by atoms with van der Waals surface area (Å²) in [5, 5.41) is 1.04. The van der Waals surface area contributed by atoms with E-state index in [9.17, 15) is 9.59 Å². The summed E-state index contributed by atoms with van der Waals surface area (Å²) in [6.07, 6.45) is 0.0989. The number of carbonyl (C=O) groups excluding carboxylic acids is 2. The molecule has 0 fully saturated rings. The Bertz CT molecular complexity index is 545. The summed E-state index contributed by atoms with van der Waals surface area (Å²) in [5.41, 5.74) is 1.94. The van der Waals surface area contributed by atoms with Crippen LogP contribution in [0.4, 0.5) is 10.5 Å². The van der Waals surface area contributed by atoms with E-state index in [2.05, 4.69) is 0 Å². The third-order valence-corrected chi connectivity index (χ3v) is 2.85. The third-order valence-electron chi connectivity index (χ3n) is 2.85. The van der Waals surface area contributed by atoms with Crippen molar-refractivity contribution in [3.8, 4) is 0 Å². The maximum atomic E-state index is 12.0. The van der Waals surface area contributed by atoms with Crippen LogP contribution in [0.2, 0.25) is 0 Å². The van der Waals surface area contributed by atoms with Gasteiger partial charge in [0.05, 0.1) is 5.69 Å². The molecule has 0 saturated heterocycles. The van der Waals surface area contributed by atoms with Crippen molar-refractivity contribution < 1.29 is 19.2 Å². The molecule has 1 aliphatic rings. The van der Waals surface area contributed by atoms with Crippen molar-refractivity contribution in [3.05, 3.63) is 29.3 Å². The van der Waals surface area contributed by atoms with E-state index in [0.717, 1.165) is 16.2 Å². The first-order chi connectivity index (χ1) is 9.26. The van der Waals surface area contributed by atoms with Gasteiger partial charge in [-0.15, -0.1) is 5.06 Å². The number of benzene rings is 1. The van der Waals surface area contributed by atoms with Gasteiger partial charge in [0.25, 0.3) is 5.91 Å². The maximum Gasteiger partial charge on any atom is 0.534 e. The highest BCUT2D eigenvalue weighted by Crippen LogP contribution is 2.29. The molecule has 1 heterocycles. The summed E-state index contributed by atoms with van der Waals surface area (Å²) in [5.74, 6) is -0.242. The second-order valence-electron chi connectivity index (χ2n) is 5.88. The van der Waals surface area contributed by atoms with Crippen molar-refractivity contribution in [1.82, 2.24) is 0 Å². The molecule has 0 aliphatic carbocycles. The number of carbonyl (C=O) groups is 2. The second-order valence-corrected chi connectivity index (χ2v) is 5.88. The largest absolute Gasteiger partial charge is 0.534 e. The minimum atomic E-state index is -0.875. The van der Waals surface area contributed by atoms with Gasteiger partial charge in [-0.1, -0.05) is 12.1 Å². The minimum absolute atomic E-state index is 0.242. The lowest BCUT2D eigenvalue weighted by Crippen LogP contribution is -2.39. The van der Waals surface area contributed by atoms with Crippen molar-refractivity contribution in [3.63, 3.8) is 0 Å². The number of nitrogens with zero attached hydrogens (tertiary/aromatic N) is 1. The Morgan fingerprint density at radius 2 is 1.95 bits per heavy atom. The maximum absolute atomic E-state index is 12.0. The zero-order valence-corrected chi connectivity index (χ0v) is 12.2. The zero-order valence-electron chi connectivity index (χ0n) is 12.2. The summed E-state index contributed by atoms with van der Waals surface area (Å²) in [4.78, 5) is 28.8. The van der Waals surface area contributed by atoms with Gasteiger partial charge in [-0.2, -0.15) is 0 Å². The highest BCUT2D eigenvalue weighted by atomic mass is 16.8. The van der Waals surface area contributed by atoms with Gasteiger partial charge in [-0.3, -0.25) is 9.63 Å². The van der Waals surface area contributed by atoms with E-state index in [0.29, 0.717) is 18.5 Å². The summed E-state index contributed by atoms with van der Waals surface area (Å²) in [6.45, 7) is 7.14. The molecule has 0 N–H and O–H groups in total. The first kappa shape index (κ1) is 14.4. The fourth-order valence-corrected chi connectivity index (χ4v) is 2.00. The van der Waals surface area contributed by atoms with Crippen LogP contribution in [0.25, 0.3) is 0 Å². The molecule has 5 heteroatoms. The smallest absolute Gasteiger partial charge is 0.427 e. The Hall–Kier alpha value is -2.04. The molecule has 0 atom stereocenters. The topological polar surface area (TPSA) is 55.8 Å². The van der Waals surface area contributed by atoms with Gasteiger partial charge >= 0.3 is 6.16 Å². The lowest BCUT2D eigenvalue weighted by Gasteiger charge is -2.28. The number of fused-ring (bicyclic) bond motifs is 1. The van der Waals surface area contributed by atoms with Crippen molar-refractivity contribution in [1.29, 1.82) is 0 Å². The number of hydrogen-bond donors (Lipinski definition) is 0. The Balaban J connectivity index is 2.21. The van der Waals surface area contributed by atoms with E-state index < -0.39 is 11.8 Å². The second kappa shape index (κ2) is 5.15. The van der Waals surface area contributed by atoms with Crippen LogP contribution in [0.3, 0.4) is 0 Å². The zero-order chi connectivity index (χ0) is 14.9. The Morgan fingerprint density at radius 1 is 1.25 bits per heavy atom. The molecule has 1 amide bonds. The molecule has 0 saturated carbocycles. The molecule has 1 aromatic carbocycles. The average Bonchev–Trinajstić information content (AvgIpc) is 2.31. The highest BCUT2D eigenvalue weighted by molar-refractivity contribution is 5.95. The van der Waals surface area contributed by atoms with Gasteiger partial charge in [-0.25, -0.2) is 4.79 Å². The van der Waals surface area contributed by atoms with Crippen molar-refractivity contribution in [2.24, 2.45) is 0 Å².